The average Bonchev–Trinajstić information content (AvgIpc) is 2.62. The zero-order valence-corrected chi connectivity index (χ0v) is 15.2. The maximum absolute atomic E-state index is 13.5. The van der Waals surface area contributed by atoms with Crippen molar-refractivity contribution in [2.75, 3.05) is 50.1 Å². The number of ether oxygens (including phenoxy) is 1. The predicted molar refractivity (Wildman–Crippen MR) is 94.4 cm³/mol. The Bertz CT molecular complexity index is 696. The molecule has 0 spiro atoms. The molecule has 27 heavy (non-hydrogen) atoms. The number of nitrogens with one attached hydrogen (secondary N) is 1. The fraction of sp³-hybridized carbons (Fsp3) is 0.529. The largest absolute Gasteiger partial charge is 0.418 e. The highest BCUT2D eigenvalue weighted by molar-refractivity contribution is 5.98. The van der Waals surface area contributed by atoms with Crippen LogP contribution in [0.25, 0.3) is 0 Å². The molecule has 0 radical (unpaired) electrons. The van der Waals surface area contributed by atoms with E-state index in [2.05, 4.69) is 5.32 Å². The van der Waals surface area contributed by atoms with Crippen molar-refractivity contribution >= 4 is 23.2 Å². The van der Waals surface area contributed by atoms with E-state index in [1.54, 1.807) is 11.9 Å². The lowest BCUT2D eigenvalue weighted by molar-refractivity contribution is -0.137. The summed E-state index contributed by atoms with van der Waals surface area (Å²) in [6.45, 7) is 2.35. The molecule has 1 aromatic carbocycles. The van der Waals surface area contributed by atoms with E-state index in [1.807, 2.05) is 6.92 Å². The second kappa shape index (κ2) is 8.68. The van der Waals surface area contributed by atoms with Crippen LogP contribution in [-0.2, 0) is 20.5 Å². The van der Waals surface area contributed by atoms with Crippen LogP contribution in [0.5, 0.6) is 0 Å². The maximum Gasteiger partial charge on any atom is 0.418 e. The van der Waals surface area contributed by atoms with Gasteiger partial charge in [-0.05, 0) is 31.8 Å². The number of amides is 2. The molecule has 1 aliphatic heterocycles. The number of nitrogens with zero attached hydrogens (tertiary/aromatic N) is 2. The number of alkyl halides is 3. The van der Waals surface area contributed by atoms with E-state index < -0.39 is 29.6 Å². The summed E-state index contributed by atoms with van der Waals surface area (Å²) >= 11 is 0. The van der Waals surface area contributed by atoms with Gasteiger partial charge in [0.2, 0.25) is 5.91 Å². The highest BCUT2D eigenvalue weighted by Crippen LogP contribution is 2.38. The number of anilines is 2. The van der Waals surface area contributed by atoms with E-state index in [0.717, 1.165) is 11.0 Å². The van der Waals surface area contributed by atoms with Crippen LogP contribution in [0.1, 0.15) is 12.5 Å². The van der Waals surface area contributed by atoms with E-state index in [0.29, 0.717) is 6.54 Å². The van der Waals surface area contributed by atoms with Gasteiger partial charge in [0.05, 0.1) is 17.9 Å². The van der Waals surface area contributed by atoms with Crippen molar-refractivity contribution in [2.24, 2.45) is 5.73 Å². The van der Waals surface area contributed by atoms with Crippen LogP contribution < -0.4 is 16.0 Å². The molecule has 3 N–H and O–H groups in total. The van der Waals surface area contributed by atoms with Crippen molar-refractivity contribution in [1.29, 1.82) is 0 Å². The Morgan fingerprint density at radius 3 is 2.70 bits per heavy atom. The first-order valence-electron chi connectivity index (χ1n) is 8.49. The molecule has 0 bridgehead atoms. The SMILES string of the molecule is CCN(C)[C@@H](CN)C(=O)Nc1ccc(N2CCOCC2=O)c(C(F)(F)F)c1. The molecule has 1 fully saturated rings. The summed E-state index contributed by atoms with van der Waals surface area (Å²) in [5.74, 6) is -1.04. The van der Waals surface area contributed by atoms with Crippen LogP contribution in [0, 0.1) is 0 Å². The molecule has 7 nitrogen and oxygen atoms in total. The average molecular weight is 388 g/mol. The van der Waals surface area contributed by atoms with E-state index in [9.17, 15) is 22.8 Å². The Hall–Kier alpha value is -2.17. The third-order valence-electron chi connectivity index (χ3n) is 4.40. The lowest BCUT2D eigenvalue weighted by Crippen LogP contribution is -2.46. The molecule has 2 rings (SSSR count). The molecular weight excluding hydrogens is 365 g/mol. The molecule has 0 unspecified atom stereocenters. The standard InChI is InChI=1S/C17H23F3N4O3/c1-3-23(2)14(9-21)16(26)22-11-4-5-13(12(8-11)17(18,19)20)24-6-7-27-10-15(24)25/h4-5,8,14H,3,6-7,9-10,21H2,1-2H3,(H,22,26)/t14-/m0/s1. The molecule has 1 aliphatic rings. The molecule has 0 saturated carbocycles. The number of halogens is 3. The van der Waals surface area contributed by atoms with E-state index in [-0.39, 0.29) is 37.7 Å². The number of likely N-dealkylation sites (N-methyl/N-ethyl adjacent to an activating group) is 1. The van der Waals surface area contributed by atoms with Crippen LogP contribution in [0.3, 0.4) is 0 Å². The predicted octanol–water partition coefficient (Wildman–Crippen LogP) is 1.29. The number of morpholine rings is 1. The van der Waals surface area contributed by atoms with Crippen molar-refractivity contribution in [3.63, 3.8) is 0 Å². The number of nitrogens with two attached hydrogens (primary N) is 1. The number of carbonyl (C=O) groups is 2. The number of hydrogen-bond donors (Lipinski definition) is 2. The van der Waals surface area contributed by atoms with E-state index >= 15 is 0 Å². The second-order valence-corrected chi connectivity index (χ2v) is 6.14. The molecule has 10 heteroatoms. The Balaban J connectivity index is 2.32. The Kier molecular flexibility index (Phi) is 6.79. The minimum Gasteiger partial charge on any atom is -0.370 e. The summed E-state index contributed by atoms with van der Waals surface area (Å²) in [5, 5.41) is 2.47. The third-order valence-corrected chi connectivity index (χ3v) is 4.40. The van der Waals surface area contributed by atoms with Gasteiger partial charge in [-0.1, -0.05) is 6.92 Å². The van der Waals surface area contributed by atoms with Gasteiger partial charge in [-0.25, -0.2) is 0 Å². The summed E-state index contributed by atoms with van der Waals surface area (Å²) in [5.41, 5.74) is 4.34. The Morgan fingerprint density at radius 2 is 2.15 bits per heavy atom. The van der Waals surface area contributed by atoms with Crippen molar-refractivity contribution < 1.29 is 27.5 Å². The van der Waals surface area contributed by atoms with Crippen LogP contribution in [0.2, 0.25) is 0 Å². The molecular formula is C17H23F3N4O3. The summed E-state index contributed by atoms with van der Waals surface area (Å²) < 4.78 is 45.6. The normalized spacial score (nSPS) is 16.6. The molecule has 1 aromatic rings. The van der Waals surface area contributed by atoms with Crippen LogP contribution in [0.15, 0.2) is 18.2 Å². The number of carbonyl (C=O) groups excluding carboxylic acids is 2. The zero-order valence-electron chi connectivity index (χ0n) is 15.2. The molecule has 0 aromatic heterocycles. The van der Waals surface area contributed by atoms with Gasteiger partial charge in [0, 0.05) is 18.8 Å². The van der Waals surface area contributed by atoms with Gasteiger partial charge in [-0.15, -0.1) is 0 Å². The number of benzene rings is 1. The van der Waals surface area contributed by atoms with Crippen molar-refractivity contribution in [2.45, 2.75) is 19.1 Å². The van der Waals surface area contributed by atoms with Gasteiger partial charge in [-0.2, -0.15) is 13.2 Å². The minimum absolute atomic E-state index is 0.0141. The van der Waals surface area contributed by atoms with Crippen molar-refractivity contribution in [1.82, 2.24) is 4.90 Å². The molecule has 1 atom stereocenters. The second-order valence-electron chi connectivity index (χ2n) is 6.14. The topological polar surface area (TPSA) is 87.9 Å². The summed E-state index contributed by atoms with van der Waals surface area (Å²) in [6, 6.07) is 2.69. The van der Waals surface area contributed by atoms with Crippen molar-refractivity contribution in [3.05, 3.63) is 23.8 Å². The fourth-order valence-corrected chi connectivity index (χ4v) is 2.78. The Morgan fingerprint density at radius 1 is 1.44 bits per heavy atom. The first-order chi connectivity index (χ1) is 12.7. The van der Waals surface area contributed by atoms with Crippen molar-refractivity contribution in [3.8, 4) is 0 Å². The number of hydrogen-bond acceptors (Lipinski definition) is 5. The van der Waals surface area contributed by atoms with Crippen LogP contribution in [0.4, 0.5) is 24.5 Å². The third kappa shape index (κ3) is 4.96. The summed E-state index contributed by atoms with van der Waals surface area (Å²) in [7, 11) is 1.70. The quantitative estimate of drug-likeness (QED) is 0.767. The van der Waals surface area contributed by atoms with Crippen LogP contribution >= 0.6 is 0 Å². The van der Waals surface area contributed by atoms with E-state index in [4.69, 9.17) is 10.5 Å². The lowest BCUT2D eigenvalue weighted by Gasteiger charge is -2.29. The van der Waals surface area contributed by atoms with E-state index in [1.165, 1.54) is 12.1 Å². The maximum atomic E-state index is 13.5. The van der Waals surface area contributed by atoms with Gasteiger partial charge in [-0.3, -0.25) is 14.5 Å². The van der Waals surface area contributed by atoms with Gasteiger partial charge in [0.25, 0.3) is 5.91 Å². The smallest absolute Gasteiger partial charge is 0.370 e. The number of rotatable bonds is 6. The van der Waals surface area contributed by atoms with Gasteiger partial charge < -0.3 is 20.7 Å². The molecule has 150 valence electrons. The molecule has 1 heterocycles. The Labute approximate surface area is 155 Å². The highest BCUT2D eigenvalue weighted by atomic mass is 19.4. The highest BCUT2D eigenvalue weighted by Gasteiger charge is 2.37. The lowest BCUT2D eigenvalue weighted by atomic mass is 10.1. The summed E-state index contributed by atoms with van der Waals surface area (Å²) in [4.78, 5) is 27.0. The molecule has 1 saturated heterocycles. The fourth-order valence-electron chi connectivity index (χ4n) is 2.78. The molecule has 2 amide bonds. The zero-order chi connectivity index (χ0) is 20.2. The minimum atomic E-state index is -4.69. The summed E-state index contributed by atoms with van der Waals surface area (Å²) in [6.07, 6.45) is -4.69. The first kappa shape index (κ1) is 21.1. The monoisotopic (exact) mass is 388 g/mol. The first-order valence-corrected chi connectivity index (χ1v) is 8.49. The molecule has 0 aliphatic carbocycles. The van der Waals surface area contributed by atoms with Gasteiger partial charge in [0.15, 0.2) is 0 Å². The van der Waals surface area contributed by atoms with Gasteiger partial charge in [0.1, 0.15) is 12.6 Å². The van der Waals surface area contributed by atoms with Crippen LogP contribution in [-0.4, -0.2) is 62.7 Å². The van der Waals surface area contributed by atoms with Gasteiger partial charge >= 0.3 is 6.18 Å².